The van der Waals surface area contributed by atoms with Gasteiger partial charge in [0, 0.05) is 10.5 Å². The molecule has 0 unspecified atom stereocenters. The normalized spacial score (nSPS) is 10.9. The van der Waals surface area contributed by atoms with Crippen molar-refractivity contribution in [2.45, 2.75) is 11.8 Å². The van der Waals surface area contributed by atoms with E-state index < -0.39 is 24.2 Å². The average Bonchev–Trinajstić information content (AvgIpc) is 2.78. The van der Waals surface area contributed by atoms with Crippen molar-refractivity contribution in [3.63, 3.8) is 0 Å². The number of halogens is 3. The molecular weight excluding hydrogens is 372 g/mol. The molecule has 0 amide bonds. The number of aromatic nitrogens is 3. The summed E-state index contributed by atoms with van der Waals surface area (Å²) in [5, 5.41) is 25.4. The number of hydrogen-bond acceptors (Lipinski definition) is 5. The lowest BCUT2D eigenvalue weighted by atomic mass is 10.3. The molecule has 0 saturated heterocycles. The van der Waals surface area contributed by atoms with Gasteiger partial charge in [-0.1, -0.05) is 11.8 Å². The maximum Gasteiger partial charge on any atom is 0.313 e. The number of nitrogens with zero attached hydrogens (tertiary/aromatic N) is 3. The van der Waals surface area contributed by atoms with Gasteiger partial charge in [0.05, 0.1) is 11.4 Å². The Kier molecular flexibility index (Phi) is 4.91. The third-order valence-corrected chi connectivity index (χ3v) is 3.89. The van der Waals surface area contributed by atoms with Gasteiger partial charge in [-0.2, -0.15) is 0 Å². The molecule has 112 valence electrons. The lowest BCUT2D eigenvalue weighted by Crippen LogP contribution is -2.08. The smallest absolute Gasteiger partial charge is 0.313 e. The molecule has 0 aliphatic heterocycles. The predicted molar refractivity (Wildman–Crippen MR) is 73.3 cm³/mol. The topological polar surface area (TPSA) is 88.2 Å². The van der Waals surface area contributed by atoms with Crippen molar-refractivity contribution < 1.29 is 23.8 Å². The highest BCUT2D eigenvalue weighted by atomic mass is 79.9. The molecule has 10 heteroatoms. The lowest BCUT2D eigenvalue weighted by Gasteiger charge is -2.11. The average molecular weight is 380 g/mol. The van der Waals surface area contributed by atoms with Gasteiger partial charge in [0.25, 0.3) is 0 Å². The molecule has 0 bridgehead atoms. The molecule has 2 N–H and O–H groups in total. The standard InChI is InChI=1S/C11H8BrF2N3O3S/c12-6-1-5(13)2-7(14)10(6)17-8(3-18)15-16-11(17)21-4-9(19)20/h1-2,18H,3-4H2,(H,19,20). The second-order valence-electron chi connectivity index (χ2n) is 3.79. The van der Waals surface area contributed by atoms with Crippen LogP contribution in [-0.2, 0) is 11.4 Å². The zero-order valence-electron chi connectivity index (χ0n) is 10.3. The Labute approximate surface area is 129 Å². The second-order valence-corrected chi connectivity index (χ2v) is 5.59. The van der Waals surface area contributed by atoms with E-state index in [-0.39, 0.29) is 26.9 Å². The van der Waals surface area contributed by atoms with E-state index in [0.717, 1.165) is 22.4 Å². The van der Waals surface area contributed by atoms with Crippen molar-refractivity contribution >= 4 is 33.7 Å². The Morgan fingerprint density at radius 2 is 2.10 bits per heavy atom. The summed E-state index contributed by atoms with van der Waals surface area (Å²) in [7, 11) is 0. The van der Waals surface area contributed by atoms with Gasteiger partial charge < -0.3 is 10.2 Å². The zero-order chi connectivity index (χ0) is 15.6. The zero-order valence-corrected chi connectivity index (χ0v) is 12.7. The van der Waals surface area contributed by atoms with Crippen molar-refractivity contribution in [3.8, 4) is 5.69 Å². The summed E-state index contributed by atoms with van der Waals surface area (Å²) in [5.41, 5.74) is -0.0988. The van der Waals surface area contributed by atoms with E-state index in [9.17, 15) is 18.7 Å². The Morgan fingerprint density at radius 1 is 1.38 bits per heavy atom. The summed E-state index contributed by atoms with van der Waals surface area (Å²) in [4.78, 5) is 10.6. The Hall–Kier alpha value is -1.52. The first-order chi connectivity index (χ1) is 9.93. The molecule has 0 atom stereocenters. The fourth-order valence-corrected chi connectivity index (χ4v) is 2.86. The van der Waals surface area contributed by atoms with Gasteiger partial charge in [-0.15, -0.1) is 10.2 Å². The summed E-state index contributed by atoms with van der Waals surface area (Å²) < 4.78 is 28.4. The van der Waals surface area contributed by atoms with E-state index >= 15 is 0 Å². The number of benzene rings is 1. The van der Waals surface area contributed by atoms with E-state index in [4.69, 9.17) is 5.11 Å². The van der Waals surface area contributed by atoms with Crippen LogP contribution in [0, 0.1) is 11.6 Å². The number of thioether (sulfide) groups is 1. The molecule has 0 saturated carbocycles. The van der Waals surface area contributed by atoms with Gasteiger partial charge >= 0.3 is 5.97 Å². The molecule has 0 radical (unpaired) electrons. The second kappa shape index (κ2) is 6.50. The number of carbonyl (C=O) groups is 1. The van der Waals surface area contributed by atoms with Crippen LogP contribution in [0.2, 0.25) is 0 Å². The fourth-order valence-electron chi connectivity index (χ4n) is 1.60. The Bertz CT molecular complexity index is 672. The highest BCUT2D eigenvalue weighted by Crippen LogP contribution is 2.30. The van der Waals surface area contributed by atoms with Crippen LogP contribution in [0.4, 0.5) is 8.78 Å². The van der Waals surface area contributed by atoms with Crippen molar-refractivity contribution in [2.75, 3.05) is 5.75 Å². The van der Waals surface area contributed by atoms with Crippen molar-refractivity contribution in [3.05, 3.63) is 34.1 Å². The third-order valence-electron chi connectivity index (χ3n) is 2.37. The molecule has 2 rings (SSSR count). The van der Waals surface area contributed by atoms with E-state index in [1.807, 2.05) is 0 Å². The van der Waals surface area contributed by atoms with Crippen molar-refractivity contribution in [1.29, 1.82) is 0 Å². The van der Waals surface area contributed by atoms with Gasteiger partial charge in [-0.25, -0.2) is 8.78 Å². The lowest BCUT2D eigenvalue weighted by molar-refractivity contribution is -0.133. The highest BCUT2D eigenvalue weighted by molar-refractivity contribution is 9.10. The van der Waals surface area contributed by atoms with Crippen LogP contribution in [0.5, 0.6) is 0 Å². The van der Waals surface area contributed by atoms with E-state index in [1.165, 1.54) is 0 Å². The quantitative estimate of drug-likeness (QED) is 0.772. The number of aliphatic hydroxyl groups excluding tert-OH is 1. The molecule has 1 aromatic carbocycles. The summed E-state index contributed by atoms with van der Waals surface area (Å²) in [6.45, 7) is -0.538. The molecule has 21 heavy (non-hydrogen) atoms. The van der Waals surface area contributed by atoms with Gasteiger partial charge in [-0.3, -0.25) is 9.36 Å². The molecule has 0 aliphatic rings. The minimum absolute atomic E-state index is 0.00842. The number of hydrogen-bond donors (Lipinski definition) is 2. The first kappa shape index (κ1) is 15.9. The predicted octanol–water partition coefficient (Wildman–Crippen LogP) is 1.98. The van der Waals surface area contributed by atoms with Crippen LogP contribution >= 0.6 is 27.7 Å². The van der Waals surface area contributed by atoms with Gasteiger partial charge in [0.2, 0.25) is 0 Å². The number of carboxylic acid groups (broad SMARTS) is 1. The molecule has 0 spiro atoms. The van der Waals surface area contributed by atoms with E-state index in [1.54, 1.807) is 0 Å². The van der Waals surface area contributed by atoms with Crippen molar-refractivity contribution in [1.82, 2.24) is 14.8 Å². The molecule has 2 aromatic rings. The molecular formula is C11H8BrF2N3O3S. The van der Waals surface area contributed by atoms with Crippen LogP contribution in [0.1, 0.15) is 5.82 Å². The van der Waals surface area contributed by atoms with Crippen LogP contribution in [0.15, 0.2) is 21.8 Å². The minimum Gasteiger partial charge on any atom is -0.481 e. The molecule has 1 aromatic heterocycles. The van der Waals surface area contributed by atoms with Crippen LogP contribution in [-0.4, -0.2) is 36.7 Å². The van der Waals surface area contributed by atoms with Crippen LogP contribution < -0.4 is 0 Å². The molecule has 0 aliphatic carbocycles. The maximum atomic E-state index is 14.0. The van der Waals surface area contributed by atoms with Crippen LogP contribution in [0.25, 0.3) is 5.69 Å². The van der Waals surface area contributed by atoms with E-state index in [0.29, 0.717) is 6.07 Å². The number of aliphatic carboxylic acids is 1. The monoisotopic (exact) mass is 379 g/mol. The summed E-state index contributed by atoms with van der Waals surface area (Å²) in [6, 6.07) is 1.72. The number of aliphatic hydroxyl groups is 1. The van der Waals surface area contributed by atoms with Crippen molar-refractivity contribution in [2.24, 2.45) is 0 Å². The Morgan fingerprint density at radius 3 is 2.67 bits per heavy atom. The molecule has 0 fully saturated rings. The first-order valence-corrected chi connectivity index (χ1v) is 7.26. The largest absolute Gasteiger partial charge is 0.481 e. The van der Waals surface area contributed by atoms with E-state index in [2.05, 4.69) is 26.1 Å². The number of carboxylic acids is 1. The van der Waals surface area contributed by atoms with Crippen LogP contribution in [0.3, 0.4) is 0 Å². The summed E-state index contributed by atoms with van der Waals surface area (Å²) in [6.07, 6.45) is 0. The molecule has 6 nitrogen and oxygen atoms in total. The highest BCUT2D eigenvalue weighted by Gasteiger charge is 2.20. The molecule has 1 heterocycles. The van der Waals surface area contributed by atoms with Gasteiger partial charge in [0.15, 0.2) is 16.8 Å². The maximum absolute atomic E-state index is 14.0. The number of rotatable bonds is 5. The minimum atomic E-state index is -1.08. The summed E-state index contributed by atoms with van der Waals surface area (Å²) >= 11 is 3.84. The fraction of sp³-hybridized carbons (Fsp3) is 0.182. The first-order valence-electron chi connectivity index (χ1n) is 5.48. The Balaban J connectivity index is 2.56. The SMILES string of the molecule is O=C(O)CSc1nnc(CO)n1-c1c(F)cc(F)cc1Br. The third kappa shape index (κ3) is 3.39. The van der Waals surface area contributed by atoms with Gasteiger partial charge in [0.1, 0.15) is 12.4 Å². The van der Waals surface area contributed by atoms with Gasteiger partial charge in [-0.05, 0) is 22.0 Å². The summed E-state index contributed by atoms with van der Waals surface area (Å²) in [5.74, 6) is -3.06.